The van der Waals surface area contributed by atoms with E-state index in [0.717, 1.165) is 88.8 Å². The Bertz CT molecular complexity index is 5350. The van der Waals surface area contributed by atoms with E-state index in [1.807, 2.05) is 0 Å². The number of fused-ring (bicyclic) bond motifs is 17. The predicted octanol–water partition coefficient (Wildman–Crippen LogP) is 18.7. The van der Waals surface area contributed by atoms with Gasteiger partial charge in [0.25, 0.3) is 0 Å². The summed E-state index contributed by atoms with van der Waals surface area (Å²) < 4.78 is 11.8. The van der Waals surface area contributed by atoms with Gasteiger partial charge in [-0.05, 0) is 109 Å². The molecule has 0 aliphatic carbocycles. The fraction of sp³-hybridized carbons (Fsp3) is 0. The Hall–Kier alpha value is -11.4. The van der Waals surface area contributed by atoms with Crippen LogP contribution in [0.25, 0.3) is 161 Å². The minimum atomic E-state index is 0.530. The quantitative estimate of drug-likeness (QED) is 0.160. The Labute approximate surface area is 474 Å². The van der Waals surface area contributed by atoms with Crippen LogP contribution in [-0.2, 0) is 0 Å². The summed E-state index contributed by atoms with van der Waals surface area (Å²) in [5.74, 6) is 1.65. The van der Waals surface area contributed by atoms with Crippen LogP contribution in [0.5, 0.6) is 0 Å². The van der Waals surface area contributed by atoms with Gasteiger partial charge in [-0.25, -0.2) is 4.98 Å². The van der Waals surface area contributed by atoms with E-state index in [9.17, 15) is 0 Å². The van der Waals surface area contributed by atoms with Gasteiger partial charge in [-0.3, -0.25) is 4.57 Å². The Kier molecular flexibility index (Phi) is 9.64. The molecule has 0 unspecified atom stereocenters. The van der Waals surface area contributed by atoms with Crippen molar-refractivity contribution in [3.05, 3.63) is 279 Å². The van der Waals surface area contributed by atoms with Gasteiger partial charge < -0.3 is 18.3 Å². The van der Waals surface area contributed by atoms with Crippen LogP contribution in [0.15, 0.2) is 279 Å². The minimum absolute atomic E-state index is 0.530. The van der Waals surface area contributed by atoms with Gasteiger partial charge in [-0.15, -0.1) is 0 Å². The van der Waals surface area contributed by atoms with Crippen LogP contribution in [0, 0.1) is 0 Å². The summed E-state index contributed by atoms with van der Waals surface area (Å²) >= 11 is 0. The summed E-state index contributed by atoms with van der Waals surface area (Å²) in [6.45, 7) is 0. The van der Waals surface area contributed by atoms with Gasteiger partial charge >= 0.3 is 0 Å². The molecule has 0 fully saturated rings. The fourth-order valence-electron chi connectivity index (χ4n) is 13.8. The van der Waals surface area contributed by atoms with Gasteiger partial charge in [0, 0.05) is 76.4 Å². The highest BCUT2D eigenvalue weighted by Crippen LogP contribution is 2.46. The molecule has 0 bridgehead atoms. The second-order valence-corrected chi connectivity index (χ2v) is 21.5. The summed E-state index contributed by atoms with van der Waals surface area (Å²) in [4.78, 5) is 16.9. The van der Waals surface area contributed by atoms with Crippen molar-refractivity contribution in [1.82, 2.24) is 37.8 Å². The Morgan fingerprint density at radius 2 is 0.470 bits per heavy atom. The molecule has 6 heterocycles. The SMILES string of the molecule is c1ccc(-n2c3ccccc3c3c4c5ccccc5n(-c5ccccc5-c5nc(-c6ccccc6-n6c7ccccc7c7c8c9ccccc9n(-c9ccccc9)c8ccc76)nc(-n6c7ccccc7c7ccccc76)n5)c4ccc32)cc1. The average molecular weight is 1060 g/mol. The first-order chi connectivity index (χ1) is 41.2. The van der Waals surface area contributed by atoms with Gasteiger partial charge in [-0.1, -0.05) is 170 Å². The largest absolute Gasteiger partial charge is 0.309 e. The maximum absolute atomic E-state index is 5.69. The van der Waals surface area contributed by atoms with Crippen molar-refractivity contribution in [2.24, 2.45) is 0 Å². The molecule has 18 rings (SSSR count). The van der Waals surface area contributed by atoms with Gasteiger partial charge in [0.15, 0.2) is 11.6 Å². The van der Waals surface area contributed by atoms with Crippen LogP contribution in [0.3, 0.4) is 0 Å². The fourth-order valence-corrected chi connectivity index (χ4v) is 13.8. The van der Waals surface area contributed by atoms with Crippen molar-refractivity contribution in [2.45, 2.75) is 0 Å². The molecule has 386 valence electrons. The highest BCUT2D eigenvalue weighted by atomic mass is 15.2. The summed E-state index contributed by atoms with van der Waals surface area (Å²) in [6, 6.07) is 100. The van der Waals surface area contributed by atoms with Crippen molar-refractivity contribution in [2.75, 3.05) is 0 Å². The summed E-state index contributed by atoms with van der Waals surface area (Å²) in [6.07, 6.45) is 0. The van der Waals surface area contributed by atoms with Crippen LogP contribution in [0.1, 0.15) is 0 Å². The number of nitrogens with zero attached hydrogens (tertiary/aromatic N) is 8. The predicted molar refractivity (Wildman–Crippen MR) is 342 cm³/mol. The van der Waals surface area contributed by atoms with Gasteiger partial charge in [-0.2, -0.15) is 9.97 Å². The molecule has 6 aromatic heterocycles. The van der Waals surface area contributed by atoms with E-state index in [2.05, 4.69) is 302 Å². The second kappa shape index (κ2) is 17.6. The standard InChI is InChI=1S/C75H46N8/c1-3-23-47(24-4-1)79-59-37-17-9-29-51(59)69-65(79)43-45-67-71(69)53-31-11-19-39-61(53)81(67)63-41-21-13-33-55(63)73-76-74(78-75(77-73)83-57-35-15-7-27-49(57)50-28-8-16-36-58(50)83)56-34-14-22-42-64(56)82-62-40-20-12-32-54(62)72-68(82)46-44-66-70(72)52-30-10-18-38-60(52)80(66)48-25-5-2-6-26-48/h1-46H. The molecule has 0 radical (unpaired) electrons. The minimum Gasteiger partial charge on any atom is -0.309 e. The third-order valence-corrected chi connectivity index (χ3v) is 17.1. The second-order valence-electron chi connectivity index (χ2n) is 21.5. The third kappa shape index (κ3) is 6.48. The summed E-state index contributed by atoms with van der Waals surface area (Å²) in [5.41, 5.74) is 17.0. The van der Waals surface area contributed by atoms with Gasteiger partial charge in [0.1, 0.15) is 0 Å². The number of hydrogen-bond donors (Lipinski definition) is 0. The van der Waals surface area contributed by atoms with Crippen LogP contribution in [0.2, 0.25) is 0 Å². The highest BCUT2D eigenvalue weighted by Gasteiger charge is 2.27. The smallest absolute Gasteiger partial charge is 0.238 e. The molecule has 8 nitrogen and oxygen atoms in total. The molecule has 0 aliphatic rings. The maximum Gasteiger partial charge on any atom is 0.238 e. The Morgan fingerprint density at radius 1 is 0.193 bits per heavy atom. The van der Waals surface area contributed by atoms with E-state index in [1.165, 1.54) is 54.1 Å². The van der Waals surface area contributed by atoms with E-state index in [1.54, 1.807) is 0 Å². The monoisotopic (exact) mass is 1060 g/mol. The van der Waals surface area contributed by atoms with Crippen molar-refractivity contribution in [3.8, 4) is 51.5 Å². The molecule has 83 heavy (non-hydrogen) atoms. The van der Waals surface area contributed by atoms with Crippen LogP contribution in [-0.4, -0.2) is 37.8 Å². The van der Waals surface area contributed by atoms with Crippen LogP contribution >= 0.6 is 0 Å². The number of para-hydroxylation sites is 10. The molecular formula is C75H46N8. The molecule has 0 aliphatic heterocycles. The lowest BCUT2D eigenvalue weighted by atomic mass is 10.1. The molecule has 0 saturated heterocycles. The highest BCUT2D eigenvalue weighted by molar-refractivity contribution is 6.30. The molecule has 12 aromatic carbocycles. The van der Waals surface area contributed by atoms with Crippen molar-refractivity contribution in [1.29, 1.82) is 0 Å². The van der Waals surface area contributed by atoms with Gasteiger partial charge in [0.2, 0.25) is 5.95 Å². The molecule has 0 spiro atoms. The first-order valence-corrected chi connectivity index (χ1v) is 28.2. The average Bonchev–Trinajstić information content (AvgIpc) is 1.87. The third-order valence-electron chi connectivity index (χ3n) is 17.1. The topological polar surface area (TPSA) is 63.3 Å². The van der Waals surface area contributed by atoms with Crippen LogP contribution in [0.4, 0.5) is 0 Å². The van der Waals surface area contributed by atoms with Crippen LogP contribution < -0.4 is 0 Å². The number of aromatic nitrogens is 8. The van der Waals surface area contributed by atoms with Crippen molar-refractivity contribution < 1.29 is 0 Å². The molecule has 0 amide bonds. The lowest BCUT2D eigenvalue weighted by molar-refractivity contribution is 0.950. The maximum atomic E-state index is 5.69. The Balaban J connectivity index is 0.912. The van der Waals surface area contributed by atoms with E-state index in [4.69, 9.17) is 15.0 Å². The van der Waals surface area contributed by atoms with E-state index in [-0.39, 0.29) is 0 Å². The molecule has 0 N–H and O–H groups in total. The zero-order valence-corrected chi connectivity index (χ0v) is 44.6. The first-order valence-electron chi connectivity index (χ1n) is 28.2. The molecular weight excluding hydrogens is 1010 g/mol. The Morgan fingerprint density at radius 3 is 0.843 bits per heavy atom. The number of benzene rings is 12. The lowest BCUT2D eigenvalue weighted by Crippen LogP contribution is -2.09. The zero-order chi connectivity index (χ0) is 54.3. The molecule has 0 atom stereocenters. The summed E-state index contributed by atoms with van der Waals surface area (Å²) in [7, 11) is 0. The van der Waals surface area contributed by atoms with Crippen molar-refractivity contribution >= 4 is 109 Å². The van der Waals surface area contributed by atoms with E-state index in [0.29, 0.717) is 17.6 Å². The lowest BCUT2D eigenvalue weighted by Gasteiger charge is -2.17. The zero-order valence-electron chi connectivity index (χ0n) is 44.6. The molecule has 8 heteroatoms. The number of hydrogen-bond acceptors (Lipinski definition) is 3. The first kappa shape index (κ1) is 45.5. The van der Waals surface area contributed by atoms with Gasteiger partial charge in [0.05, 0.1) is 66.5 Å². The number of rotatable bonds is 7. The van der Waals surface area contributed by atoms with E-state index < -0.39 is 0 Å². The van der Waals surface area contributed by atoms with Crippen molar-refractivity contribution in [3.63, 3.8) is 0 Å². The normalized spacial score (nSPS) is 12.1. The summed E-state index contributed by atoms with van der Waals surface area (Å²) in [5, 5.41) is 11.8. The van der Waals surface area contributed by atoms with E-state index >= 15 is 0 Å². The molecule has 0 saturated carbocycles. The molecule has 18 aromatic rings.